The Hall–Kier alpha value is -2.82. The highest BCUT2D eigenvalue weighted by atomic mass is 32.2. The molecule has 1 saturated carbocycles. The molecule has 1 unspecified atom stereocenters. The molecule has 2 N–H and O–H groups in total. The Bertz CT molecular complexity index is 1370. The molecule has 35 heavy (non-hydrogen) atoms. The number of rotatable bonds is 8. The summed E-state index contributed by atoms with van der Waals surface area (Å²) in [5.74, 6) is 0.345. The van der Waals surface area contributed by atoms with Crippen molar-refractivity contribution in [1.82, 2.24) is 9.97 Å². The Morgan fingerprint density at radius 3 is 2.80 bits per heavy atom. The first-order valence-corrected chi connectivity index (χ1v) is 13.8. The van der Waals surface area contributed by atoms with Gasteiger partial charge >= 0.3 is 0 Å². The van der Waals surface area contributed by atoms with Crippen LogP contribution in [0.1, 0.15) is 31.7 Å². The molecule has 1 saturated heterocycles. The summed E-state index contributed by atoms with van der Waals surface area (Å²) in [5, 5.41) is 14.3. The van der Waals surface area contributed by atoms with Crippen molar-refractivity contribution in [3.05, 3.63) is 48.0 Å². The number of benzene rings is 2. The van der Waals surface area contributed by atoms with E-state index in [1.807, 2.05) is 12.1 Å². The second-order valence-electron chi connectivity index (χ2n) is 9.15. The summed E-state index contributed by atoms with van der Waals surface area (Å²) in [7, 11) is -2.29. The fourth-order valence-corrected chi connectivity index (χ4v) is 5.97. The van der Waals surface area contributed by atoms with Gasteiger partial charge in [0.05, 0.1) is 39.8 Å². The van der Waals surface area contributed by atoms with Crippen molar-refractivity contribution < 1.29 is 23.2 Å². The van der Waals surface area contributed by atoms with E-state index in [0.29, 0.717) is 22.7 Å². The first-order valence-electron chi connectivity index (χ1n) is 11.8. The van der Waals surface area contributed by atoms with Crippen molar-refractivity contribution in [3.8, 4) is 5.75 Å². The van der Waals surface area contributed by atoms with Gasteiger partial charge in [-0.15, -0.1) is 0 Å². The summed E-state index contributed by atoms with van der Waals surface area (Å²) in [5.41, 5.74) is 2.84. The number of aliphatic hydroxyl groups is 1. The van der Waals surface area contributed by atoms with E-state index in [9.17, 15) is 13.7 Å². The normalized spacial score (nSPS) is 21.6. The van der Waals surface area contributed by atoms with E-state index < -0.39 is 27.8 Å². The molecule has 0 radical (unpaired) electrons. The van der Waals surface area contributed by atoms with Crippen LogP contribution in [0, 0.1) is 5.82 Å². The number of ether oxygens (including phenoxy) is 2. The maximum Gasteiger partial charge on any atom is 0.150 e. The van der Waals surface area contributed by atoms with Crippen LogP contribution in [-0.4, -0.2) is 56.2 Å². The third-order valence-electron chi connectivity index (χ3n) is 6.23. The summed E-state index contributed by atoms with van der Waals surface area (Å²) in [4.78, 5) is 8.93. The molecule has 2 aromatic carbocycles. The summed E-state index contributed by atoms with van der Waals surface area (Å²) >= 11 is 0. The Labute approximate surface area is 204 Å². The minimum absolute atomic E-state index is 0.163. The Balaban J connectivity index is 1.55. The zero-order chi connectivity index (χ0) is 24.6. The summed E-state index contributed by atoms with van der Waals surface area (Å²) in [6.07, 6.45) is 5.36. The zero-order valence-corrected chi connectivity index (χ0v) is 20.6. The number of hydrogen-bond donors (Lipinski definition) is 2. The van der Waals surface area contributed by atoms with Crippen LogP contribution in [0.2, 0.25) is 0 Å². The van der Waals surface area contributed by atoms with Gasteiger partial charge in [0.15, 0.2) is 6.10 Å². The number of nitrogens with zero attached hydrogens (tertiary/aromatic N) is 3. The van der Waals surface area contributed by atoms with E-state index in [4.69, 9.17) is 9.47 Å². The average Bonchev–Trinajstić information content (AvgIpc) is 3.60. The number of hydrogen-bond acceptors (Lipinski definition) is 8. The lowest BCUT2D eigenvalue weighted by atomic mass is 10.0. The van der Waals surface area contributed by atoms with Gasteiger partial charge in [0, 0.05) is 23.0 Å². The van der Waals surface area contributed by atoms with Crippen molar-refractivity contribution in [2.24, 2.45) is 4.36 Å². The number of aliphatic hydroxyl groups excluding tert-OH is 1. The Morgan fingerprint density at radius 1 is 1.26 bits per heavy atom. The minimum Gasteiger partial charge on any atom is -0.483 e. The molecule has 0 amide bonds. The molecule has 0 spiro atoms. The number of nitrogens with one attached hydrogen (secondary N) is 1. The van der Waals surface area contributed by atoms with Crippen LogP contribution in [-0.2, 0) is 20.9 Å². The number of halogens is 1. The van der Waals surface area contributed by atoms with Crippen molar-refractivity contribution >= 4 is 37.8 Å². The van der Waals surface area contributed by atoms with E-state index in [1.165, 1.54) is 18.5 Å². The predicted octanol–water partition coefficient (Wildman–Crippen LogP) is 4.50. The van der Waals surface area contributed by atoms with Crippen molar-refractivity contribution in [1.29, 1.82) is 0 Å². The van der Waals surface area contributed by atoms with Crippen LogP contribution in [0.15, 0.2) is 41.0 Å². The third kappa shape index (κ3) is 5.24. The van der Waals surface area contributed by atoms with Gasteiger partial charge < -0.3 is 19.9 Å². The first kappa shape index (κ1) is 23.9. The van der Waals surface area contributed by atoms with Gasteiger partial charge in [-0.05, 0) is 49.1 Å². The highest BCUT2D eigenvalue weighted by molar-refractivity contribution is 7.93. The second-order valence-corrected chi connectivity index (χ2v) is 11.7. The minimum atomic E-state index is -2.29. The lowest BCUT2D eigenvalue weighted by Gasteiger charge is -2.19. The molecular weight excluding hydrogens is 471 g/mol. The van der Waals surface area contributed by atoms with Crippen LogP contribution in [0.3, 0.4) is 0 Å². The van der Waals surface area contributed by atoms with Gasteiger partial charge in [-0.1, -0.05) is 13.3 Å². The van der Waals surface area contributed by atoms with E-state index in [-0.39, 0.29) is 24.2 Å². The molecule has 0 bridgehead atoms. The van der Waals surface area contributed by atoms with Gasteiger partial charge in [-0.2, -0.15) is 4.36 Å². The fourth-order valence-electron chi connectivity index (χ4n) is 4.28. The van der Waals surface area contributed by atoms with Crippen LogP contribution >= 0.6 is 0 Å². The lowest BCUT2D eigenvalue weighted by Crippen LogP contribution is -2.30. The lowest BCUT2D eigenvalue weighted by molar-refractivity contribution is 0.0736. The summed E-state index contributed by atoms with van der Waals surface area (Å²) < 4.78 is 42.8. The van der Waals surface area contributed by atoms with Gasteiger partial charge in [0.25, 0.3) is 0 Å². The number of fused-ring (bicyclic) bond motifs is 1. The monoisotopic (exact) mass is 500 g/mol. The largest absolute Gasteiger partial charge is 0.483 e. The zero-order valence-electron chi connectivity index (χ0n) is 19.7. The summed E-state index contributed by atoms with van der Waals surface area (Å²) in [6.45, 7) is 2.49. The van der Waals surface area contributed by atoms with E-state index in [0.717, 1.165) is 36.6 Å². The highest BCUT2D eigenvalue weighted by Crippen LogP contribution is 2.37. The maximum absolute atomic E-state index is 14.1. The predicted molar refractivity (Wildman–Crippen MR) is 134 cm³/mol. The Kier molecular flexibility index (Phi) is 6.61. The number of aromatic nitrogens is 2. The molecule has 2 aliphatic rings. The third-order valence-corrected chi connectivity index (χ3v) is 8.51. The average molecular weight is 501 g/mol. The van der Waals surface area contributed by atoms with E-state index in [1.54, 1.807) is 12.3 Å². The molecular formula is C25H29FN4O4S. The van der Waals surface area contributed by atoms with Crippen LogP contribution in [0.4, 0.5) is 21.6 Å². The van der Waals surface area contributed by atoms with Gasteiger partial charge in [-0.25, -0.2) is 18.6 Å². The fraction of sp³-hybridized carbons (Fsp3) is 0.440. The van der Waals surface area contributed by atoms with E-state index in [2.05, 4.69) is 26.6 Å². The SMILES string of the molecule is CCCc1cc(N=S(C)(=O)C2CC2)cc2ncnc(Nc3ccc(F)cc3O[C@H]3COC[C@H]3O)c12. The van der Waals surface area contributed by atoms with Crippen LogP contribution in [0.25, 0.3) is 10.9 Å². The maximum atomic E-state index is 14.1. The molecule has 186 valence electrons. The molecule has 1 aliphatic carbocycles. The van der Waals surface area contributed by atoms with Crippen molar-refractivity contribution in [3.63, 3.8) is 0 Å². The van der Waals surface area contributed by atoms with Crippen molar-refractivity contribution in [2.75, 3.05) is 24.8 Å². The molecule has 3 atom stereocenters. The molecule has 8 nitrogen and oxygen atoms in total. The molecule has 3 aromatic rings. The topological polar surface area (TPSA) is 106 Å². The van der Waals surface area contributed by atoms with Crippen LogP contribution < -0.4 is 10.1 Å². The highest BCUT2D eigenvalue weighted by Gasteiger charge is 2.31. The van der Waals surface area contributed by atoms with Crippen molar-refractivity contribution in [2.45, 2.75) is 50.1 Å². The second kappa shape index (κ2) is 9.67. The van der Waals surface area contributed by atoms with Gasteiger partial charge in [-0.3, -0.25) is 0 Å². The number of anilines is 2. The van der Waals surface area contributed by atoms with Gasteiger partial charge in [0.2, 0.25) is 0 Å². The standard InChI is InChI=1S/C25H29FN4O4S/c1-3-4-15-9-17(30-35(2,32)18-6-7-18)11-20-24(15)25(28-14-27-20)29-19-8-5-16(26)10-22(19)34-23-13-33-12-21(23)31/h5,8-11,14,18,21,23,31H,3-4,6-7,12-13H2,1-2H3,(H,27,28,29)/t21-,23+,35?/m1/s1. The molecule has 10 heteroatoms. The molecule has 2 fully saturated rings. The summed E-state index contributed by atoms with van der Waals surface area (Å²) in [6, 6.07) is 7.98. The first-order chi connectivity index (χ1) is 16.8. The molecule has 1 aromatic heterocycles. The number of aryl methyl sites for hydroxylation is 1. The molecule has 1 aliphatic heterocycles. The molecule has 2 heterocycles. The van der Waals surface area contributed by atoms with Gasteiger partial charge in [0.1, 0.15) is 29.8 Å². The smallest absolute Gasteiger partial charge is 0.150 e. The quantitative estimate of drug-likeness (QED) is 0.469. The van der Waals surface area contributed by atoms with Crippen LogP contribution in [0.5, 0.6) is 5.75 Å². The molecule has 5 rings (SSSR count). The van der Waals surface area contributed by atoms with E-state index >= 15 is 0 Å². The Morgan fingerprint density at radius 2 is 2.09 bits per heavy atom.